The predicted molar refractivity (Wildman–Crippen MR) is 65.2 cm³/mol. The van der Waals surface area contributed by atoms with Crippen LogP contribution in [0, 0.1) is 0 Å². The molecule has 2 fully saturated rings. The van der Waals surface area contributed by atoms with E-state index < -0.39 is 0 Å². The molecule has 2 heteroatoms. The Morgan fingerprint density at radius 3 is 2.47 bits per heavy atom. The van der Waals surface area contributed by atoms with Gasteiger partial charge in [-0.1, -0.05) is 12.8 Å². The van der Waals surface area contributed by atoms with E-state index >= 15 is 0 Å². The molecule has 0 spiro atoms. The van der Waals surface area contributed by atoms with Crippen molar-refractivity contribution in [3.63, 3.8) is 0 Å². The molecule has 2 rings (SSSR count). The Morgan fingerprint density at radius 2 is 1.73 bits per heavy atom. The van der Waals surface area contributed by atoms with Gasteiger partial charge in [0.25, 0.3) is 0 Å². The highest BCUT2D eigenvalue weighted by molar-refractivity contribution is 4.80. The number of hydrogen-bond donors (Lipinski definition) is 1. The van der Waals surface area contributed by atoms with Crippen LogP contribution in [0.4, 0.5) is 0 Å². The lowest BCUT2D eigenvalue weighted by Crippen LogP contribution is -2.30. The van der Waals surface area contributed by atoms with Crippen LogP contribution >= 0.6 is 0 Å². The maximum atomic E-state index is 3.58. The fourth-order valence-electron chi connectivity index (χ4n) is 2.41. The van der Waals surface area contributed by atoms with Gasteiger partial charge in [-0.25, -0.2) is 0 Å². The van der Waals surface area contributed by atoms with Gasteiger partial charge in [-0.05, 0) is 64.7 Å². The minimum absolute atomic E-state index is 0.895. The average Bonchev–Trinajstić information content (AvgIpc) is 3.09. The summed E-state index contributed by atoms with van der Waals surface area (Å²) >= 11 is 0. The first-order valence-corrected chi connectivity index (χ1v) is 6.91. The van der Waals surface area contributed by atoms with Crippen LogP contribution in [0.5, 0.6) is 0 Å². The van der Waals surface area contributed by atoms with Gasteiger partial charge in [-0.2, -0.15) is 0 Å². The van der Waals surface area contributed by atoms with Crippen LogP contribution in [0.2, 0.25) is 0 Å². The zero-order chi connectivity index (χ0) is 10.3. The summed E-state index contributed by atoms with van der Waals surface area (Å²) < 4.78 is 0. The lowest BCUT2D eigenvalue weighted by Gasteiger charge is -2.26. The monoisotopic (exact) mass is 210 g/mol. The molecule has 0 aromatic heterocycles. The second kappa shape index (κ2) is 6.49. The van der Waals surface area contributed by atoms with Crippen LogP contribution < -0.4 is 5.32 Å². The van der Waals surface area contributed by atoms with Gasteiger partial charge >= 0.3 is 0 Å². The highest BCUT2D eigenvalue weighted by Gasteiger charge is 2.19. The number of piperidine rings is 1. The molecule has 1 aliphatic heterocycles. The third-order valence-corrected chi connectivity index (χ3v) is 3.61. The number of rotatable bonds is 7. The molecule has 0 aromatic carbocycles. The second-order valence-corrected chi connectivity index (χ2v) is 5.19. The van der Waals surface area contributed by atoms with Crippen molar-refractivity contribution in [1.82, 2.24) is 10.2 Å². The largest absolute Gasteiger partial charge is 0.314 e. The van der Waals surface area contributed by atoms with Crippen molar-refractivity contribution in [1.29, 1.82) is 0 Å². The van der Waals surface area contributed by atoms with Crippen molar-refractivity contribution in [3.05, 3.63) is 0 Å². The van der Waals surface area contributed by atoms with E-state index in [9.17, 15) is 0 Å². The third kappa shape index (κ3) is 4.98. The summed E-state index contributed by atoms with van der Waals surface area (Å²) in [5.74, 6) is 0. The molecule has 2 nitrogen and oxygen atoms in total. The van der Waals surface area contributed by atoms with Gasteiger partial charge < -0.3 is 10.2 Å². The second-order valence-electron chi connectivity index (χ2n) is 5.19. The normalized spacial score (nSPS) is 23.2. The molecule has 0 atom stereocenters. The predicted octanol–water partition coefficient (Wildman–Crippen LogP) is 2.39. The molecule has 0 aromatic rings. The zero-order valence-electron chi connectivity index (χ0n) is 10.0. The third-order valence-electron chi connectivity index (χ3n) is 3.61. The van der Waals surface area contributed by atoms with Crippen molar-refractivity contribution in [2.45, 2.75) is 57.4 Å². The highest BCUT2D eigenvalue weighted by Crippen LogP contribution is 2.18. The summed E-state index contributed by atoms with van der Waals surface area (Å²) in [5.41, 5.74) is 0. The fourth-order valence-corrected chi connectivity index (χ4v) is 2.41. The Morgan fingerprint density at radius 1 is 0.933 bits per heavy atom. The summed E-state index contributed by atoms with van der Waals surface area (Å²) in [6.45, 7) is 5.33. The Bertz CT molecular complexity index is 160. The van der Waals surface area contributed by atoms with Crippen molar-refractivity contribution >= 4 is 0 Å². The van der Waals surface area contributed by atoms with E-state index in [1.54, 1.807) is 0 Å². The SMILES string of the molecule is C(CCNC1CC1)CCN1CCCCC1. The average molecular weight is 210 g/mol. The maximum Gasteiger partial charge on any atom is 0.00682 e. The van der Waals surface area contributed by atoms with E-state index in [1.807, 2.05) is 0 Å². The molecular formula is C13H26N2. The van der Waals surface area contributed by atoms with Gasteiger partial charge in [0.15, 0.2) is 0 Å². The summed E-state index contributed by atoms with van der Waals surface area (Å²) in [6.07, 6.45) is 11.4. The summed E-state index contributed by atoms with van der Waals surface area (Å²) in [4.78, 5) is 2.65. The summed E-state index contributed by atoms with van der Waals surface area (Å²) in [6, 6.07) is 0.895. The topological polar surface area (TPSA) is 15.3 Å². The molecule has 1 saturated carbocycles. The maximum absolute atomic E-state index is 3.58. The van der Waals surface area contributed by atoms with E-state index in [1.165, 1.54) is 77.5 Å². The first-order chi connectivity index (χ1) is 7.45. The molecule has 88 valence electrons. The Balaban J connectivity index is 1.37. The summed E-state index contributed by atoms with van der Waals surface area (Å²) in [5, 5.41) is 3.58. The van der Waals surface area contributed by atoms with Crippen LogP contribution in [0.3, 0.4) is 0 Å². The van der Waals surface area contributed by atoms with Crippen molar-refractivity contribution in [3.8, 4) is 0 Å². The fraction of sp³-hybridized carbons (Fsp3) is 1.00. The molecular weight excluding hydrogens is 184 g/mol. The lowest BCUT2D eigenvalue weighted by atomic mass is 10.1. The van der Waals surface area contributed by atoms with Gasteiger partial charge in [0, 0.05) is 6.04 Å². The number of nitrogens with one attached hydrogen (secondary N) is 1. The van der Waals surface area contributed by atoms with E-state index in [2.05, 4.69) is 10.2 Å². The Hall–Kier alpha value is -0.0800. The molecule has 1 aliphatic carbocycles. The van der Waals surface area contributed by atoms with E-state index in [0.717, 1.165) is 6.04 Å². The molecule has 15 heavy (non-hydrogen) atoms. The van der Waals surface area contributed by atoms with Gasteiger partial charge in [0.1, 0.15) is 0 Å². The Kier molecular flexibility index (Phi) is 4.94. The molecule has 0 radical (unpaired) electrons. The Labute approximate surface area is 94.4 Å². The van der Waals surface area contributed by atoms with Crippen LogP contribution in [-0.4, -0.2) is 37.1 Å². The van der Waals surface area contributed by atoms with E-state index in [0.29, 0.717) is 0 Å². The van der Waals surface area contributed by atoms with Gasteiger partial charge in [-0.15, -0.1) is 0 Å². The van der Waals surface area contributed by atoms with Crippen LogP contribution in [0.1, 0.15) is 51.4 Å². The van der Waals surface area contributed by atoms with E-state index in [4.69, 9.17) is 0 Å². The lowest BCUT2D eigenvalue weighted by molar-refractivity contribution is 0.224. The minimum atomic E-state index is 0.895. The number of hydrogen-bond acceptors (Lipinski definition) is 2. The van der Waals surface area contributed by atoms with Gasteiger partial charge in [0.2, 0.25) is 0 Å². The van der Waals surface area contributed by atoms with Crippen LogP contribution in [0.25, 0.3) is 0 Å². The van der Waals surface area contributed by atoms with Gasteiger partial charge in [-0.3, -0.25) is 0 Å². The molecule has 0 unspecified atom stereocenters. The molecule has 0 amide bonds. The van der Waals surface area contributed by atoms with Crippen LogP contribution in [0.15, 0.2) is 0 Å². The molecule has 2 aliphatic rings. The van der Waals surface area contributed by atoms with Crippen LogP contribution in [-0.2, 0) is 0 Å². The highest BCUT2D eigenvalue weighted by atomic mass is 15.1. The van der Waals surface area contributed by atoms with Crippen molar-refractivity contribution in [2.24, 2.45) is 0 Å². The number of nitrogens with zero attached hydrogens (tertiary/aromatic N) is 1. The first kappa shape index (κ1) is 11.4. The molecule has 1 N–H and O–H groups in total. The number of likely N-dealkylation sites (tertiary alicyclic amines) is 1. The standard InChI is InChI=1S/C13H26N2/c1(3-9-14-13-7-8-13)4-10-15-11-5-2-6-12-15/h13-14H,1-12H2. The van der Waals surface area contributed by atoms with Gasteiger partial charge in [0.05, 0.1) is 0 Å². The molecule has 0 bridgehead atoms. The molecule has 1 heterocycles. The minimum Gasteiger partial charge on any atom is -0.314 e. The van der Waals surface area contributed by atoms with Crippen molar-refractivity contribution < 1.29 is 0 Å². The van der Waals surface area contributed by atoms with E-state index in [-0.39, 0.29) is 0 Å². The zero-order valence-corrected chi connectivity index (χ0v) is 10.0. The quantitative estimate of drug-likeness (QED) is 0.649. The summed E-state index contributed by atoms with van der Waals surface area (Å²) in [7, 11) is 0. The molecule has 1 saturated heterocycles. The number of unbranched alkanes of at least 4 members (excludes halogenated alkanes) is 2. The van der Waals surface area contributed by atoms with Crippen molar-refractivity contribution in [2.75, 3.05) is 26.2 Å². The first-order valence-electron chi connectivity index (χ1n) is 6.91. The smallest absolute Gasteiger partial charge is 0.00682 e.